The quantitative estimate of drug-likeness (QED) is 0.705. The molecule has 6 nitrogen and oxygen atoms in total. The molecule has 0 heterocycles. The molecule has 1 atom stereocenters. The van der Waals surface area contributed by atoms with Crippen molar-refractivity contribution in [1.82, 2.24) is 0 Å². The minimum absolute atomic E-state index is 0. The van der Waals surface area contributed by atoms with Gasteiger partial charge in [-0.05, 0) is 36.2 Å². The highest BCUT2D eigenvalue weighted by Gasteiger charge is 2.22. The molecule has 2 rings (SSSR count). The van der Waals surface area contributed by atoms with Crippen molar-refractivity contribution in [3.63, 3.8) is 0 Å². The van der Waals surface area contributed by atoms with Crippen LogP contribution in [0.15, 0.2) is 47.4 Å². The molecule has 0 saturated heterocycles. The molecule has 150 valence electrons. The molecule has 2 aromatic rings. The van der Waals surface area contributed by atoms with Crippen LogP contribution in [0.2, 0.25) is 5.02 Å². The first-order valence-corrected chi connectivity index (χ1v) is 10.1. The van der Waals surface area contributed by atoms with Crippen molar-refractivity contribution >= 4 is 33.0 Å². The van der Waals surface area contributed by atoms with Crippen molar-refractivity contribution in [3.05, 3.63) is 53.1 Å². The molecule has 1 amide bonds. The van der Waals surface area contributed by atoms with Crippen LogP contribution in [0, 0.1) is 17.2 Å². The predicted molar refractivity (Wildman–Crippen MR) is 111 cm³/mol. The lowest BCUT2D eigenvalue weighted by Crippen LogP contribution is -2.17. The Morgan fingerprint density at radius 3 is 2.57 bits per heavy atom. The van der Waals surface area contributed by atoms with Gasteiger partial charge in [-0.2, -0.15) is 5.26 Å². The molecule has 8 heteroatoms. The Hall–Kier alpha value is -2.56. The Kier molecular flexibility index (Phi) is 8.48. The van der Waals surface area contributed by atoms with E-state index >= 15 is 0 Å². The summed E-state index contributed by atoms with van der Waals surface area (Å²) < 4.78 is 30.4. The van der Waals surface area contributed by atoms with E-state index in [0.29, 0.717) is 10.7 Å². The fourth-order valence-corrected chi connectivity index (χ4v) is 4.31. The normalized spacial score (nSPS) is 11.6. The lowest BCUT2D eigenvalue weighted by molar-refractivity contribution is 0.102. The average molecular weight is 423 g/mol. The van der Waals surface area contributed by atoms with Gasteiger partial charge in [0.25, 0.3) is 5.91 Å². The average Bonchev–Trinajstić information content (AvgIpc) is 2.62. The van der Waals surface area contributed by atoms with Crippen molar-refractivity contribution in [2.24, 2.45) is 5.92 Å². The summed E-state index contributed by atoms with van der Waals surface area (Å²) in [5.41, 5.74) is 0.480. The van der Waals surface area contributed by atoms with Crippen molar-refractivity contribution < 1.29 is 17.9 Å². The van der Waals surface area contributed by atoms with Crippen LogP contribution in [0.4, 0.5) is 5.69 Å². The number of nitrogens with zero attached hydrogens (tertiary/aromatic N) is 1. The maximum absolute atomic E-state index is 12.7. The molecule has 0 bridgehead atoms. The molecule has 0 saturated carbocycles. The van der Waals surface area contributed by atoms with Gasteiger partial charge in [-0.3, -0.25) is 4.79 Å². The second-order valence-electron chi connectivity index (χ2n) is 6.04. The van der Waals surface area contributed by atoms with E-state index in [1.165, 1.54) is 25.3 Å². The standard InChI is InChI=1S/C19H19ClN2O4S.CH4/c1-13(9-10-21)12-27(24,25)14-7-8-18(26-2)15(11-14)19(23)22-17-6-4-3-5-16(17)20;/h3-8,11,13H,9,12H2,1-2H3,(H,22,23);1H4/t13-;/m1./s1. The first kappa shape index (κ1) is 23.5. The number of nitriles is 1. The van der Waals surface area contributed by atoms with E-state index < -0.39 is 15.7 Å². The first-order chi connectivity index (χ1) is 12.8. The van der Waals surface area contributed by atoms with Crippen LogP contribution in [0.3, 0.4) is 0 Å². The first-order valence-electron chi connectivity index (χ1n) is 8.12. The monoisotopic (exact) mass is 422 g/mol. The third-order valence-electron chi connectivity index (χ3n) is 3.84. The lowest BCUT2D eigenvalue weighted by Gasteiger charge is -2.13. The Balaban J connectivity index is 0.00000392. The molecule has 2 aromatic carbocycles. The van der Waals surface area contributed by atoms with Crippen molar-refractivity contribution in [2.75, 3.05) is 18.2 Å². The summed E-state index contributed by atoms with van der Waals surface area (Å²) in [4.78, 5) is 12.7. The van der Waals surface area contributed by atoms with Crippen LogP contribution in [0.1, 0.15) is 31.1 Å². The summed E-state index contributed by atoms with van der Waals surface area (Å²) in [6.45, 7) is 1.69. The van der Waals surface area contributed by atoms with Gasteiger partial charge in [0.05, 0.1) is 40.1 Å². The number of ether oxygens (including phenoxy) is 1. The number of nitrogens with one attached hydrogen (secondary N) is 1. The van der Waals surface area contributed by atoms with Crippen LogP contribution in [-0.4, -0.2) is 27.2 Å². The number of amides is 1. The van der Waals surface area contributed by atoms with Crippen LogP contribution >= 0.6 is 11.6 Å². The Labute approximate surface area is 171 Å². The number of rotatable bonds is 7. The highest BCUT2D eigenvalue weighted by Crippen LogP contribution is 2.27. The van der Waals surface area contributed by atoms with Gasteiger partial charge < -0.3 is 10.1 Å². The van der Waals surface area contributed by atoms with E-state index in [-0.39, 0.29) is 41.7 Å². The molecule has 0 aliphatic carbocycles. The molecule has 0 fully saturated rings. The largest absolute Gasteiger partial charge is 0.496 e. The summed E-state index contributed by atoms with van der Waals surface area (Å²) in [5, 5.41) is 11.7. The predicted octanol–water partition coefficient (Wildman–Crippen LogP) is 4.56. The van der Waals surface area contributed by atoms with Crippen LogP contribution < -0.4 is 10.1 Å². The number of hydrogen-bond donors (Lipinski definition) is 1. The maximum Gasteiger partial charge on any atom is 0.259 e. The minimum atomic E-state index is -3.66. The zero-order valence-electron chi connectivity index (χ0n) is 14.9. The Morgan fingerprint density at radius 1 is 1.29 bits per heavy atom. The summed E-state index contributed by atoms with van der Waals surface area (Å²) in [6.07, 6.45) is 0.134. The second kappa shape index (κ2) is 10.1. The summed E-state index contributed by atoms with van der Waals surface area (Å²) in [7, 11) is -2.26. The highest BCUT2D eigenvalue weighted by molar-refractivity contribution is 7.91. The molecule has 0 spiro atoms. The van der Waals surface area contributed by atoms with Gasteiger partial charge in [0.1, 0.15) is 5.75 Å². The van der Waals surface area contributed by atoms with E-state index in [4.69, 9.17) is 21.6 Å². The van der Waals surface area contributed by atoms with Gasteiger partial charge >= 0.3 is 0 Å². The molecule has 0 radical (unpaired) electrons. The van der Waals surface area contributed by atoms with Gasteiger partial charge in [-0.25, -0.2) is 8.42 Å². The number of para-hydroxylation sites is 1. The topological polar surface area (TPSA) is 96.3 Å². The lowest BCUT2D eigenvalue weighted by atomic mass is 10.1. The summed E-state index contributed by atoms with van der Waals surface area (Å²) in [6, 6.07) is 12.8. The molecular formula is C20H23ClN2O4S. The van der Waals surface area contributed by atoms with E-state index in [0.717, 1.165) is 0 Å². The number of anilines is 1. The van der Waals surface area contributed by atoms with E-state index in [9.17, 15) is 13.2 Å². The van der Waals surface area contributed by atoms with E-state index in [2.05, 4.69) is 5.32 Å². The maximum atomic E-state index is 12.7. The molecular weight excluding hydrogens is 400 g/mol. The minimum Gasteiger partial charge on any atom is -0.496 e. The molecule has 28 heavy (non-hydrogen) atoms. The van der Waals surface area contributed by atoms with Crippen LogP contribution in [0.5, 0.6) is 5.75 Å². The number of sulfone groups is 1. The van der Waals surface area contributed by atoms with Crippen LogP contribution in [0.25, 0.3) is 0 Å². The van der Waals surface area contributed by atoms with E-state index in [1.54, 1.807) is 31.2 Å². The molecule has 0 unspecified atom stereocenters. The van der Waals surface area contributed by atoms with Crippen molar-refractivity contribution in [3.8, 4) is 11.8 Å². The fraction of sp³-hybridized carbons (Fsp3) is 0.300. The third kappa shape index (κ3) is 5.72. The van der Waals surface area contributed by atoms with Gasteiger partial charge in [0.2, 0.25) is 0 Å². The second-order valence-corrected chi connectivity index (χ2v) is 8.49. The molecule has 0 aliphatic rings. The van der Waals surface area contributed by atoms with Crippen molar-refractivity contribution in [1.29, 1.82) is 5.26 Å². The smallest absolute Gasteiger partial charge is 0.259 e. The number of benzene rings is 2. The summed E-state index contributed by atoms with van der Waals surface area (Å²) >= 11 is 6.05. The molecule has 0 aliphatic heterocycles. The van der Waals surface area contributed by atoms with Crippen molar-refractivity contribution in [2.45, 2.75) is 25.7 Å². The highest BCUT2D eigenvalue weighted by atomic mass is 35.5. The van der Waals surface area contributed by atoms with E-state index in [1.807, 2.05) is 6.07 Å². The number of hydrogen-bond acceptors (Lipinski definition) is 5. The molecule has 1 N–H and O–H groups in total. The number of methoxy groups -OCH3 is 1. The Bertz CT molecular complexity index is 984. The van der Waals surface area contributed by atoms with Gasteiger partial charge in [-0.1, -0.05) is 38.1 Å². The number of carbonyl (C=O) groups excluding carboxylic acids is 1. The Morgan fingerprint density at radius 2 is 1.96 bits per heavy atom. The number of carbonyl (C=O) groups is 1. The zero-order valence-corrected chi connectivity index (χ0v) is 16.5. The van der Waals surface area contributed by atoms with Gasteiger partial charge in [0.15, 0.2) is 9.84 Å². The summed E-state index contributed by atoms with van der Waals surface area (Å²) in [5.74, 6) is -0.800. The van der Waals surface area contributed by atoms with Gasteiger partial charge in [0, 0.05) is 6.42 Å². The zero-order chi connectivity index (χ0) is 20.0. The number of halogens is 1. The van der Waals surface area contributed by atoms with Crippen LogP contribution in [-0.2, 0) is 9.84 Å². The SMILES string of the molecule is C.COc1ccc(S(=O)(=O)C[C@H](C)CC#N)cc1C(=O)Nc1ccccc1Cl. The fourth-order valence-electron chi connectivity index (χ4n) is 2.50. The van der Waals surface area contributed by atoms with Gasteiger partial charge in [-0.15, -0.1) is 0 Å². The molecule has 0 aromatic heterocycles. The third-order valence-corrected chi connectivity index (χ3v) is 6.15.